The van der Waals surface area contributed by atoms with E-state index >= 15 is 0 Å². The first-order valence-electron chi connectivity index (χ1n) is 13.7. The van der Waals surface area contributed by atoms with Crippen molar-refractivity contribution >= 4 is 6.21 Å². The van der Waals surface area contributed by atoms with Gasteiger partial charge >= 0.3 is 5.69 Å². The number of benzene rings is 1. The summed E-state index contributed by atoms with van der Waals surface area (Å²) in [6.45, 7) is 9.72. The molecule has 3 atom stereocenters. The molecule has 3 heterocycles. The normalized spacial score (nSPS) is 23.7. The second-order valence-corrected chi connectivity index (χ2v) is 11.8. The molecule has 5 rings (SSSR count). The van der Waals surface area contributed by atoms with E-state index in [4.69, 9.17) is 0 Å². The number of hydrogen-bond acceptors (Lipinski definition) is 5. The Bertz CT molecular complexity index is 1320. The first-order chi connectivity index (χ1) is 17.8. The Morgan fingerprint density at radius 2 is 2.08 bits per heavy atom. The first-order valence-corrected chi connectivity index (χ1v) is 13.7. The van der Waals surface area contributed by atoms with Crippen molar-refractivity contribution in [3.63, 3.8) is 0 Å². The zero-order chi connectivity index (χ0) is 26.0. The van der Waals surface area contributed by atoms with Gasteiger partial charge in [0.2, 0.25) is 5.82 Å². The number of aromatic amines is 1. The van der Waals surface area contributed by atoms with Crippen LogP contribution in [0.4, 0.5) is 0 Å². The van der Waals surface area contributed by atoms with Crippen LogP contribution in [0.25, 0.3) is 11.4 Å². The van der Waals surface area contributed by atoms with Gasteiger partial charge in [-0.05, 0) is 60.3 Å². The smallest absolute Gasteiger partial charge is 0.296 e. The van der Waals surface area contributed by atoms with Crippen LogP contribution >= 0.6 is 0 Å². The van der Waals surface area contributed by atoms with Gasteiger partial charge in [0, 0.05) is 47.9 Å². The number of rotatable bonds is 8. The molecule has 8 nitrogen and oxygen atoms in total. The highest BCUT2D eigenvalue weighted by molar-refractivity contribution is 5.65. The Morgan fingerprint density at radius 3 is 2.78 bits per heavy atom. The molecule has 37 heavy (non-hydrogen) atoms. The highest BCUT2D eigenvalue weighted by atomic mass is 16.1. The molecule has 1 aliphatic heterocycles. The largest absolute Gasteiger partial charge is 0.328 e. The van der Waals surface area contributed by atoms with Crippen molar-refractivity contribution < 1.29 is 0 Å². The van der Waals surface area contributed by atoms with Crippen molar-refractivity contribution in [2.45, 2.75) is 90.6 Å². The van der Waals surface area contributed by atoms with Gasteiger partial charge in [-0.1, -0.05) is 64.8 Å². The van der Waals surface area contributed by atoms with E-state index in [-0.39, 0.29) is 17.1 Å². The third kappa shape index (κ3) is 4.98. The molecule has 3 aromatic rings. The van der Waals surface area contributed by atoms with E-state index in [0.717, 1.165) is 48.9 Å². The zero-order valence-corrected chi connectivity index (χ0v) is 22.5. The Labute approximate surface area is 218 Å². The average Bonchev–Trinajstić information content (AvgIpc) is 3.65. The standard InChI is InChI=1S/C29H39N7O/c1-5-6-11-23-19-35(25-13-8-12-24(25)28(2,3)4)27(37)36(23)20-29(14-16-30-17-15-29)22-10-7-9-21(18-22)26-31-33-34-32-26/h7,9-10,14,16-19,24-25H,5-6,8,11-13,15,20H2,1-4H3,(H,31,32,33,34). The summed E-state index contributed by atoms with van der Waals surface area (Å²) >= 11 is 0. The van der Waals surface area contributed by atoms with Gasteiger partial charge in [0.1, 0.15) is 0 Å². The lowest BCUT2D eigenvalue weighted by atomic mass is 9.76. The van der Waals surface area contributed by atoms with E-state index < -0.39 is 5.41 Å². The molecule has 1 aliphatic carbocycles. The predicted molar refractivity (Wildman–Crippen MR) is 147 cm³/mol. The van der Waals surface area contributed by atoms with E-state index in [1.807, 2.05) is 24.5 Å². The Hall–Kier alpha value is -3.29. The number of unbranched alkanes of at least 4 members (excludes halogenated alkanes) is 1. The van der Waals surface area contributed by atoms with Crippen molar-refractivity contribution in [1.82, 2.24) is 29.8 Å². The van der Waals surface area contributed by atoms with E-state index in [1.54, 1.807) is 0 Å². The summed E-state index contributed by atoms with van der Waals surface area (Å²) in [5, 5.41) is 14.6. The molecule has 2 aliphatic rings. The summed E-state index contributed by atoms with van der Waals surface area (Å²) < 4.78 is 4.14. The Balaban J connectivity index is 1.57. The molecule has 3 unspecified atom stereocenters. The van der Waals surface area contributed by atoms with E-state index in [1.165, 1.54) is 12.8 Å². The maximum Gasteiger partial charge on any atom is 0.328 e. The lowest BCUT2D eigenvalue weighted by Crippen LogP contribution is -2.38. The molecule has 1 N–H and O–H groups in total. The number of aliphatic imine (C=N–C) groups is 1. The zero-order valence-electron chi connectivity index (χ0n) is 22.5. The van der Waals surface area contributed by atoms with E-state index in [2.05, 4.69) is 86.9 Å². The van der Waals surface area contributed by atoms with Gasteiger partial charge in [-0.15, -0.1) is 10.2 Å². The van der Waals surface area contributed by atoms with Crippen LogP contribution in [0, 0.1) is 11.3 Å². The molecule has 0 bridgehead atoms. The fourth-order valence-corrected chi connectivity index (χ4v) is 6.28. The van der Waals surface area contributed by atoms with Crippen molar-refractivity contribution in [2.24, 2.45) is 16.3 Å². The minimum atomic E-state index is -0.391. The van der Waals surface area contributed by atoms with Crippen molar-refractivity contribution in [2.75, 3.05) is 0 Å². The number of nitrogens with zero attached hydrogens (tertiary/aromatic N) is 6. The van der Waals surface area contributed by atoms with Crippen LogP contribution in [-0.2, 0) is 18.4 Å². The molecule has 8 heteroatoms. The Kier molecular flexibility index (Phi) is 7.01. The second kappa shape index (κ2) is 10.2. The molecule has 196 valence electrons. The summed E-state index contributed by atoms with van der Waals surface area (Å²) in [6, 6.07) is 8.53. The van der Waals surface area contributed by atoms with Crippen LogP contribution in [0.5, 0.6) is 0 Å². The molecule has 0 spiro atoms. The number of hydrogen-bond donors (Lipinski definition) is 1. The van der Waals surface area contributed by atoms with Gasteiger partial charge in [0.25, 0.3) is 0 Å². The van der Waals surface area contributed by atoms with Crippen LogP contribution in [0.3, 0.4) is 0 Å². The van der Waals surface area contributed by atoms with Crippen LogP contribution in [0.2, 0.25) is 0 Å². The number of allylic oxidation sites excluding steroid dienone is 1. The molecule has 0 saturated heterocycles. The summed E-state index contributed by atoms with van der Waals surface area (Å²) in [5.74, 6) is 1.06. The second-order valence-electron chi connectivity index (χ2n) is 11.8. The van der Waals surface area contributed by atoms with Crippen LogP contribution < -0.4 is 5.69 Å². The van der Waals surface area contributed by atoms with E-state index in [0.29, 0.717) is 18.3 Å². The van der Waals surface area contributed by atoms with Crippen molar-refractivity contribution in [3.05, 3.63) is 64.5 Å². The average molecular weight is 502 g/mol. The van der Waals surface area contributed by atoms with Gasteiger partial charge in [0.15, 0.2) is 0 Å². The highest BCUT2D eigenvalue weighted by Gasteiger charge is 2.39. The quantitative estimate of drug-likeness (QED) is 0.442. The minimum absolute atomic E-state index is 0.122. The third-order valence-corrected chi connectivity index (χ3v) is 8.34. The molecule has 1 saturated carbocycles. The summed E-state index contributed by atoms with van der Waals surface area (Å²) in [4.78, 5) is 18.5. The van der Waals surface area contributed by atoms with Crippen LogP contribution in [0.15, 0.2) is 52.5 Å². The first kappa shape index (κ1) is 25.4. The maximum absolute atomic E-state index is 14.1. The van der Waals surface area contributed by atoms with Gasteiger partial charge in [-0.25, -0.2) is 4.79 Å². The Morgan fingerprint density at radius 1 is 1.22 bits per heavy atom. The van der Waals surface area contributed by atoms with Gasteiger partial charge < -0.3 is 0 Å². The number of tetrazole rings is 1. The minimum Gasteiger partial charge on any atom is -0.296 e. The molecule has 2 aromatic heterocycles. The van der Waals surface area contributed by atoms with Gasteiger partial charge in [-0.2, -0.15) is 5.21 Å². The number of imidazole rings is 1. The molecule has 1 fully saturated rings. The van der Waals surface area contributed by atoms with Crippen LogP contribution in [-0.4, -0.2) is 36.0 Å². The van der Waals surface area contributed by atoms with Crippen molar-refractivity contribution in [3.8, 4) is 11.4 Å². The molecular weight excluding hydrogens is 462 g/mol. The number of H-pyrrole nitrogens is 1. The summed E-state index contributed by atoms with van der Waals surface area (Å²) in [5.41, 5.74) is 3.06. The molecular formula is C29H39N7O. The predicted octanol–water partition coefficient (Wildman–Crippen LogP) is 5.49. The highest BCUT2D eigenvalue weighted by Crippen LogP contribution is 2.46. The molecule has 0 radical (unpaired) electrons. The monoisotopic (exact) mass is 501 g/mol. The van der Waals surface area contributed by atoms with Crippen molar-refractivity contribution in [1.29, 1.82) is 0 Å². The third-order valence-electron chi connectivity index (χ3n) is 8.34. The fourth-order valence-electron chi connectivity index (χ4n) is 6.28. The fraction of sp³-hybridized carbons (Fsp3) is 0.552. The lowest BCUT2D eigenvalue weighted by Gasteiger charge is -2.33. The molecule has 0 amide bonds. The SMILES string of the molecule is CCCCc1cn(C2CCCC2C(C)(C)C)c(=O)n1CC1(c2cccc(-c3nn[nH]n3)c2)C=CN=CC1. The topological polar surface area (TPSA) is 93.8 Å². The number of aromatic nitrogens is 6. The van der Waals surface area contributed by atoms with Crippen LogP contribution in [0.1, 0.15) is 83.5 Å². The number of aryl methyl sites for hydroxylation is 1. The van der Waals surface area contributed by atoms with Gasteiger partial charge in [0.05, 0.1) is 0 Å². The van der Waals surface area contributed by atoms with E-state index in [9.17, 15) is 4.79 Å². The lowest BCUT2D eigenvalue weighted by molar-refractivity contribution is 0.185. The maximum atomic E-state index is 14.1. The summed E-state index contributed by atoms with van der Waals surface area (Å²) in [7, 11) is 0. The molecule has 1 aromatic carbocycles. The van der Waals surface area contributed by atoms with Gasteiger partial charge in [-0.3, -0.25) is 14.1 Å². The number of nitrogens with one attached hydrogen (secondary N) is 1. The summed E-state index contributed by atoms with van der Waals surface area (Å²) in [6.07, 6.45) is 15.4.